The molecular formula is C36H58Cl2Hf2Si2. The number of hydrogen-bond donors (Lipinski definition) is 0. The van der Waals surface area contributed by atoms with Gasteiger partial charge in [-0.25, -0.2) is 0 Å². The molecule has 6 heteroatoms. The first-order chi connectivity index (χ1) is 18.5. The molecule has 0 amide bonds. The van der Waals surface area contributed by atoms with Crippen molar-refractivity contribution >= 4 is 12.0 Å². The molecule has 0 saturated heterocycles. The second-order valence-corrected chi connectivity index (χ2v) is 67.5. The zero-order valence-corrected chi connectivity index (χ0v) is 40.7. The predicted molar refractivity (Wildman–Crippen MR) is 181 cm³/mol. The molecule has 0 spiro atoms. The molecular weight excluding hydrogens is 916 g/mol. The van der Waals surface area contributed by atoms with Crippen molar-refractivity contribution in [3.63, 3.8) is 0 Å². The van der Waals surface area contributed by atoms with Gasteiger partial charge in [0.15, 0.2) is 0 Å². The summed E-state index contributed by atoms with van der Waals surface area (Å²) in [4.78, 5) is 0. The standard InChI is InChI=1S/4C8H11.2C2H7Si.2ClH.2Hf/c4*1-6-4-5-7(2)8(6)3;2*1-3-2;;;;/h4*4H2,1-3H3;2*3H,1-2H3;2*1H;;/q;;;;;;;;2*+1/p-2. The minimum atomic E-state index is -1.74. The smallest absolute Gasteiger partial charge is 1.00 e. The summed E-state index contributed by atoms with van der Waals surface area (Å²) in [6, 6.07) is 0. The predicted octanol–water partition coefficient (Wildman–Crippen LogP) is 5.24. The molecule has 4 rings (SSSR count). The molecule has 0 aliphatic heterocycles. The van der Waals surface area contributed by atoms with Gasteiger partial charge in [0.1, 0.15) is 0 Å². The van der Waals surface area contributed by atoms with Gasteiger partial charge in [0.05, 0.1) is 0 Å². The van der Waals surface area contributed by atoms with Crippen LogP contribution in [0.2, 0.25) is 26.2 Å². The van der Waals surface area contributed by atoms with E-state index in [1.54, 1.807) is 66.9 Å². The van der Waals surface area contributed by atoms with E-state index in [1.807, 2.05) is 13.3 Å². The maximum absolute atomic E-state index is 2.62. The molecule has 0 aromatic rings. The summed E-state index contributed by atoms with van der Waals surface area (Å²) in [6.07, 6.45) is 5.28. The number of allylic oxidation sites excluding steroid dienone is 16. The second-order valence-electron chi connectivity index (χ2n) is 13.9. The Bertz CT molecular complexity index is 1160. The Morgan fingerprint density at radius 2 is 0.500 bits per heavy atom. The van der Waals surface area contributed by atoms with Crippen molar-refractivity contribution in [1.82, 2.24) is 0 Å². The Labute approximate surface area is 290 Å². The summed E-state index contributed by atoms with van der Waals surface area (Å²) in [5.41, 5.74) is 19.8. The van der Waals surface area contributed by atoms with Crippen molar-refractivity contribution in [3.8, 4) is 0 Å². The van der Waals surface area contributed by atoms with Crippen molar-refractivity contribution in [2.45, 2.75) is 135 Å². The van der Waals surface area contributed by atoms with Crippen LogP contribution in [0.4, 0.5) is 0 Å². The van der Waals surface area contributed by atoms with E-state index in [0.717, 1.165) is 0 Å². The van der Waals surface area contributed by atoms with E-state index < -0.39 is 53.2 Å². The molecule has 0 aromatic heterocycles. The van der Waals surface area contributed by atoms with Gasteiger partial charge in [-0.3, -0.25) is 0 Å². The molecule has 0 aromatic carbocycles. The molecule has 0 saturated carbocycles. The van der Waals surface area contributed by atoms with Crippen molar-refractivity contribution in [2.75, 3.05) is 0 Å². The molecule has 0 atom stereocenters. The Morgan fingerprint density at radius 1 is 0.333 bits per heavy atom. The van der Waals surface area contributed by atoms with Crippen LogP contribution in [-0.2, 0) is 41.2 Å². The average Bonchev–Trinajstić information content (AvgIpc) is 3.48. The van der Waals surface area contributed by atoms with E-state index in [-0.39, 0.29) is 24.8 Å². The molecule has 0 bridgehead atoms. The van der Waals surface area contributed by atoms with Crippen molar-refractivity contribution in [3.05, 3.63) is 80.2 Å². The zero-order chi connectivity index (χ0) is 30.4. The molecule has 0 unspecified atom stereocenters. The quantitative estimate of drug-likeness (QED) is 0.320. The summed E-state index contributed by atoms with van der Waals surface area (Å²) in [5, 5.41) is 0. The molecule has 4 aliphatic carbocycles. The third-order valence-electron chi connectivity index (χ3n) is 10.8. The van der Waals surface area contributed by atoms with Crippen LogP contribution in [-0.4, -0.2) is 12.0 Å². The largest absolute Gasteiger partial charge is 1.00 e. The van der Waals surface area contributed by atoms with E-state index in [1.165, 1.54) is 25.7 Å². The number of halogens is 2. The van der Waals surface area contributed by atoms with Gasteiger partial charge in [0.2, 0.25) is 0 Å². The van der Waals surface area contributed by atoms with Crippen LogP contribution in [0.5, 0.6) is 0 Å². The van der Waals surface area contributed by atoms with Gasteiger partial charge in [-0.2, -0.15) is 0 Å². The average molecular weight is 975 g/mol. The molecule has 0 heterocycles. The third kappa shape index (κ3) is 8.14. The van der Waals surface area contributed by atoms with E-state index in [0.29, 0.717) is 0 Å². The summed E-state index contributed by atoms with van der Waals surface area (Å²) < 4.78 is 7.85. The summed E-state index contributed by atoms with van der Waals surface area (Å²) >= 11 is -3.48. The molecule has 4 aliphatic rings. The van der Waals surface area contributed by atoms with Crippen molar-refractivity contribution in [1.29, 1.82) is 0 Å². The first-order valence-corrected chi connectivity index (χ1v) is 41.1. The zero-order valence-electron chi connectivity index (χ0n) is 29.7. The Morgan fingerprint density at radius 3 is 0.595 bits per heavy atom. The Kier molecular flexibility index (Phi) is 16.0. The van der Waals surface area contributed by atoms with Crippen LogP contribution in [0.15, 0.2) is 80.2 Å². The molecule has 0 nitrogen and oxygen atoms in total. The number of rotatable bonds is 6. The fraction of sp³-hybridized carbons (Fsp3) is 0.556. The van der Waals surface area contributed by atoms with Crippen LogP contribution >= 0.6 is 0 Å². The summed E-state index contributed by atoms with van der Waals surface area (Å²) in [6.45, 7) is 38.9. The summed E-state index contributed by atoms with van der Waals surface area (Å²) in [5.74, 6) is -1.07. The van der Waals surface area contributed by atoms with Crippen LogP contribution < -0.4 is 24.8 Å². The van der Waals surface area contributed by atoms with Crippen molar-refractivity contribution in [2.24, 2.45) is 0 Å². The molecule has 232 valence electrons. The van der Waals surface area contributed by atoms with Crippen LogP contribution in [0, 0.1) is 0 Å². The fourth-order valence-corrected chi connectivity index (χ4v) is 68.2. The van der Waals surface area contributed by atoms with E-state index in [9.17, 15) is 0 Å². The monoisotopic (exact) mass is 976 g/mol. The molecule has 0 fully saturated rings. The van der Waals surface area contributed by atoms with Crippen LogP contribution in [0.1, 0.15) is 109 Å². The van der Waals surface area contributed by atoms with Gasteiger partial charge in [-0.05, 0) is 0 Å². The van der Waals surface area contributed by atoms with E-state index in [4.69, 9.17) is 0 Å². The van der Waals surface area contributed by atoms with E-state index >= 15 is 0 Å². The van der Waals surface area contributed by atoms with E-state index in [2.05, 4.69) is 109 Å². The van der Waals surface area contributed by atoms with Crippen molar-refractivity contribution < 1.29 is 66.0 Å². The van der Waals surface area contributed by atoms with Gasteiger partial charge in [-0.1, -0.05) is 0 Å². The SMILES string of the molecule is CC1=C(C)C(C)=[C]([Hf+]([C]2=C(C)C(C)=C(C)C2)[SiH](C)C)C1.CC1=C(C)C(C)=[C]([Hf+]([C]2=C(C)C(C)=C(C)C2)[SiH](C)C)C1.[Cl-].[Cl-]. The molecule has 0 radical (unpaired) electrons. The minimum Gasteiger partial charge on any atom is -1.00 e. The molecule has 0 N–H and O–H groups in total. The maximum atomic E-state index is 2.62. The first-order valence-electron chi connectivity index (χ1n) is 15.7. The van der Waals surface area contributed by atoms with Gasteiger partial charge < -0.3 is 24.8 Å². The normalized spacial score (nSPS) is 19.3. The fourth-order valence-electron chi connectivity index (χ4n) is 7.25. The summed E-state index contributed by atoms with van der Waals surface area (Å²) in [7, 11) is 0. The van der Waals surface area contributed by atoms with Gasteiger partial charge in [0.25, 0.3) is 0 Å². The topological polar surface area (TPSA) is 0 Å². The van der Waals surface area contributed by atoms with Crippen LogP contribution in [0.25, 0.3) is 0 Å². The maximum Gasteiger partial charge on any atom is -1.00 e. The third-order valence-corrected chi connectivity index (χ3v) is 66.7. The Balaban J connectivity index is 0.000000401. The van der Waals surface area contributed by atoms with Gasteiger partial charge in [0, 0.05) is 0 Å². The first kappa shape index (κ1) is 40.7. The molecule has 42 heavy (non-hydrogen) atoms. The van der Waals surface area contributed by atoms with Crippen LogP contribution in [0.3, 0.4) is 0 Å². The Hall–Kier alpha value is 0.674. The van der Waals surface area contributed by atoms with Gasteiger partial charge >= 0.3 is 268 Å². The van der Waals surface area contributed by atoms with Gasteiger partial charge in [-0.15, -0.1) is 0 Å². The second kappa shape index (κ2) is 16.5. The number of hydrogen-bond acceptors (Lipinski definition) is 0. The minimum absolute atomic E-state index is 0.